The van der Waals surface area contributed by atoms with Gasteiger partial charge in [0, 0.05) is 42.2 Å². The van der Waals surface area contributed by atoms with Crippen molar-refractivity contribution in [3.05, 3.63) is 88.1 Å². The fourth-order valence-corrected chi connectivity index (χ4v) is 3.39. The first-order valence-electron chi connectivity index (χ1n) is 11.6. The molecule has 0 aliphatic carbocycles. The van der Waals surface area contributed by atoms with Crippen molar-refractivity contribution in [1.29, 1.82) is 5.41 Å². The molecule has 4 aromatic rings. The minimum Gasteiger partial charge on any atom is -0.497 e. The van der Waals surface area contributed by atoms with Crippen LogP contribution in [-0.4, -0.2) is 62.0 Å². The number of nitrogen functional groups attached to an aromatic ring is 1. The van der Waals surface area contributed by atoms with Gasteiger partial charge in [0.1, 0.15) is 30.9 Å². The third-order valence-corrected chi connectivity index (χ3v) is 5.08. The number of carboxylic acid groups (broad SMARTS) is 1. The lowest BCUT2D eigenvalue weighted by molar-refractivity contribution is -0.134. The number of amidine groups is 1. The van der Waals surface area contributed by atoms with Crippen molar-refractivity contribution < 1.29 is 28.2 Å². The highest BCUT2D eigenvalue weighted by Gasteiger charge is 2.27. The van der Waals surface area contributed by atoms with Gasteiger partial charge in [-0.2, -0.15) is 0 Å². The van der Waals surface area contributed by atoms with E-state index in [2.05, 4.69) is 25.4 Å². The van der Waals surface area contributed by atoms with E-state index < -0.39 is 30.2 Å². The molecule has 13 nitrogen and oxygen atoms in total. The first-order chi connectivity index (χ1) is 19.1. The predicted octanol–water partition coefficient (Wildman–Crippen LogP) is 2.42. The van der Waals surface area contributed by atoms with Crippen molar-refractivity contribution in [3.8, 4) is 17.4 Å². The molecular weight excluding hydrogens is 530 g/mol. The molecule has 0 amide bonds. The first kappa shape index (κ1) is 29.2. The van der Waals surface area contributed by atoms with Crippen LogP contribution in [0.2, 0.25) is 0 Å². The Hall–Kier alpha value is -5.34. The summed E-state index contributed by atoms with van der Waals surface area (Å²) in [6.07, 6.45) is 2.90. The highest BCUT2D eigenvalue weighted by atomic mass is 19.1. The van der Waals surface area contributed by atoms with Crippen molar-refractivity contribution in [3.63, 3.8) is 0 Å². The van der Waals surface area contributed by atoms with Gasteiger partial charge in [-0.25, -0.2) is 23.5 Å². The average molecular weight is 557 g/mol. The highest BCUT2D eigenvalue weighted by molar-refractivity contribution is 5.95. The van der Waals surface area contributed by atoms with Crippen molar-refractivity contribution >= 4 is 17.5 Å². The summed E-state index contributed by atoms with van der Waals surface area (Å²) in [7, 11) is 1.39. The quantitative estimate of drug-likeness (QED) is 0.143. The Labute approximate surface area is 226 Å². The maximum Gasteiger partial charge on any atom is 0.350 e. The second-order valence-electron chi connectivity index (χ2n) is 7.93. The molecule has 6 N–H and O–H groups in total. The van der Waals surface area contributed by atoms with Crippen LogP contribution < -0.4 is 26.2 Å². The summed E-state index contributed by atoms with van der Waals surface area (Å²) in [5, 5.41) is 22.4. The molecule has 0 spiro atoms. The van der Waals surface area contributed by atoms with E-state index in [-0.39, 0.29) is 41.3 Å². The average Bonchev–Trinajstić information content (AvgIpc) is 3.33. The summed E-state index contributed by atoms with van der Waals surface area (Å²) in [5.74, 6) is -1.67. The standard InChI is InChI=1S/C23H22F2N8O3.C2H4O2/c1-35-15-11-16(18(25)17(12-15)36-10-7-24)19(30-14-5-3-13(4-6-14)20(26)27)21-31-23(34)33(32-21)22-28-8-2-9-29-22;1-2(3)4/h2-6,8-9,11-12,19,30H,7,10H2,1H3,(H3,26,27)(H,31,32,34);1H3,(H,3,4). The monoisotopic (exact) mass is 556 g/mol. The van der Waals surface area contributed by atoms with Crippen LogP contribution in [0.15, 0.2) is 59.7 Å². The van der Waals surface area contributed by atoms with Gasteiger partial charge < -0.3 is 25.6 Å². The second-order valence-corrected chi connectivity index (χ2v) is 7.93. The molecule has 0 aliphatic heterocycles. The van der Waals surface area contributed by atoms with Gasteiger partial charge in [0.2, 0.25) is 0 Å². The smallest absolute Gasteiger partial charge is 0.350 e. The minimum absolute atomic E-state index is 0.00809. The zero-order valence-corrected chi connectivity index (χ0v) is 21.4. The number of hydrogen-bond donors (Lipinski definition) is 5. The van der Waals surface area contributed by atoms with Crippen LogP contribution in [0.4, 0.5) is 14.5 Å². The lowest BCUT2D eigenvalue weighted by Crippen LogP contribution is -2.18. The fourth-order valence-electron chi connectivity index (χ4n) is 3.39. The number of aliphatic carboxylic acids is 1. The van der Waals surface area contributed by atoms with Gasteiger partial charge in [0.15, 0.2) is 17.4 Å². The number of ether oxygens (including phenoxy) is 2. The van der Waals surface area contributed by atoms with Crippen LogP contribution in [0, 0.1) is 11.2 Å². The molecule has 0 saturated heterocycles. The molecule has 4 rings (SSSR count). The normalized spacial score (nSPS) is 11.1. The van der Waals surface area contributed by atoms with E-state index in [1.165, 1.54) is 31.6 Å². The molecule has 2 aromatic heterocycles. The van der Waals surface area contributed by atoms with Gasteiger partial charge in [-0.15, -0.1) is 9.78 Å². The summed E-state index contributed by atoms with van der Waals surface area (Å²) in [6, 6.07) is 9.73. The number of rotatable bonds is 10. The fraction of sp³-hybridized carbons (Fsp3) is 0.200. The Kier molecular flexibility index (Phi) is 9.83. The number of aromatic nitrogens is 5. The number of alkyl halides is 1. The predicted molar refractivity (Wildman–Crippen MR) is 140 cm³/mol. The first-order valence-corrected chi connectivity index (χ1v) is 11.6. The topological polar surface area (TPSA) is 194 Å². The molecule has 210 valence electrons. The van der Waals surface area contributed by atoms with E-state index in [9.17, 15) is 9.18 Å². The number of anilines is 1. The largest absolute Gasteiger partial charge is 0.497 e. The molecule has 0 fully saturated rings. The third-order valence-electron chi connectivity index (χ3n) is 5.08. The summed E-state index contributed by atoms with van der Waals surface area (Å²) in [6.45, 7) is -0.0874. The Morgan fingerprint density at radius 1 is 1.25 bits per heavy atom. The van der Waals surface area contributed by atoms with Crippen LogP contribution in [0.5, 0.6) is 11.5 Å². The molecule has 0 radical (unpaired) electrons. The van der Waals surface area contributed by atoms with Gasteiger partial charge in [-0.1, -0.05) is 0 Å². The van der Waals surface area contributed by atoms with Crippen LogP contribution in [-0.2, 0) is 4.79 Å². The van der Waals surface area contributed by atoms with E-state index >= 15 is 4.39 Å². The van der Waals surface area contributed by atoms with Gasteiger partial charge >= 0.3 is 5.69 Å². The van der Waals surface area contributed by atoms with Gasteiger partial charge in [0.25, 0.3) is 11.9 Å². The van der Waals surface area contributed by atoms with Crippen molar-refractivity contribution in [2.75, 3.05) is 25.7 Å². The number of benzene rings is 2. The number of nitrogens with zero attached hydrogens (tertiary/aromatic N) is 4. The number of carbonyl (C=O) groups is 1. The van der Waals surface area contributed by atoms with Crippen molar-refractivity contribution in [2.24, 2.45) is 5.73 Å². The molecule has 0 aliphatic rings. The third kappa shape index (κ3) is 7.37. The van der Waals surface area contributed by atoms with E-state index in [1.54, 1.807) is 30.3 Å². The molecule has 15 heteroatoms. The Morgan fingerprint density at radius 3 is 2.48 bits per heavy atom. The number of methoxy groups -OCH3 is 1. The molecule has 1 unspecified atom stereocenters. The number of aromatic amines is 1. The summed E-state index contributed by atoms with van der Waals surface area (Å²) >= 11 is 0. The van der Waals surface area contributed by atoms with Crippen molar-refractivity contribution in [2.45, 2.75) is 13.0 Å². The Morgan fingerprint density at radius 2 is 1.90 bits per heavy atom. The van der Waals surface area contributed by atoms with E-state index in [0.717, 1.165) is 11.6 Å². The van der Waals surface area contributed by atoms with Crippen LogP contribution in [0.3, 0.4) is 0 Å². The Bertz CT molecular complexity index is 1510. The van der Waals surface area contributed by atoms with Crippen LogP contribution in [0.25, 0.3) is 5.95 Å². The molecule has 2 aromatic carbocycles. The second kappa shape index (κ2) is 13.5. The Balaban J connectivity index is 0.00000103. The summed E-state index contributed by atoms with van der Waals surface area (Å²) in [4.78, 5) is 32.3. The van der Waals surface area contributed by atoms with Gasteiger partial charge in [-0.05, 0) is 36.4 Å². The number of H-pyrrole nitrogens is 1. The number of carboxylic acids is 1. The maximum absolute atomic E-state index is 15.6. The highest BCUT2D eigenvalue weighted by Crippen LogP contribution is 2.35. The van der Waals surface area contributed by atoms with Gasteiger partial charge in [0.05, 0.1) is 7.11 Å². The van der Waals surface area contributed by atoms with Crippen LogP contribution in [0.1, 0.15) is 29.9 Å². The maximum atomic E-state index is 15.6. The van der Waals surface area contributed by atoms with E-state index in [1.807, 2.05) is 0 Å². The minimum atomic E-state index is -1.06. The molecule has 1 atom stereocenters. The number of nitrogens with two attached hydrogens (primary N) is 1. The van der Waals surface area contributed by atoms with Gasteiger partial charge in [-0.3, -0.25) is 15.2 Å². The molecule has 40 heavy (non-hydrogen) atoms. The zero-order valence-electron chi connectivity index (χ0n) is 21.4. The molecular formula is C25H26F2N8O5. The number of hydrogen-bond acceptors (Lipinski definition) is 9. The molecule has 0 bridgehead atoms. The lowest BCUT2D eigenvalue weighted by Gasteiger charge is -2.21. The number of nitrogens with one attached hydrogen (secondary N) is 3. The summed E-state index contributed by atoms with van der Waals surface area (Å²) < 4.78 is 39.8. The van der Waals surface area contributed by atoms with Crippen LogP contribution >= 0.6 is 0 Å². The lowest BCUT2D eigenvalue weighted by atomic mass is 10.0. The van der Waals surface area contributed by atoms with E-state index in [0.29, 0.717) is 11.3 Å². The van der Waals surface area contributed by atoms with Crippen molar-refractivity contribution in [1.82, 2.24) is 24.7 Å². The summed E-state index contributed by atoms with van der Waals surface area (Å²) in [5.41, 5.74) is 5.88. The number of halogens is 2. The molecule has 0 saturated carbocycles. The SMILES string of the molecule is CC(=O)O.COc1cc(OCCF)c(F)c(C(Nc2ccc(C(=N)N)cc2)c2nn(-c3ncccn3)c(=O)[nH]2)c1. The van der Waals surface area contributed by atoms with E-state index in [4.69, 9.17) is 30.5 Å². The zero-order chi connectivity index (χ0) is 29.2. The molecule has 2 heterocycles.